The average Bonchev–Trinajstić information content (AvgIpc) is 3.09. The van der Waals surface area contributed by atoms with Gasteiger partial charge in [0.25, 0.3) is 10.0 Å². The van der Waals surface area contributed by atoms with Crippen molar-refractivity contribution in [3.8, 4) is 17.2 Å². The lowest BCUT2D eigenvalue weighted by Crippen LogP contribution is -2.54. The molecule has 11 heteroatoms. The molecule has 0 spiro atoms. The van der Waals surface area contributed by atoms with Gasteiger partial charge in [0.1, 0.15) is 18.3 Å². The topological polar surface area (TPSA) is 114 Å². The van der Waals surface area contributed by atoms with Gasteiger partial charge in [0.05, 0.1) is 31.4 Å². The molecule has 0 aliphatic rings. The number of sulfonamides is 1. The number of benzene rings is 4. The Bertz CT molecular complexity index is 1750. The predicted molar refractivity (Wildman–Crippen MR) is 186 cm³/mol. The summed E-state index contributed by atoms with van der Waals surface area (Å²) in [7, 11) is -1.48. The van der Waals surface area contributed by atoms with Gasteiger partial charge in [-0.1, -0.05) is 60.7 Å². The van der Waals surface area contributed by atoms with Crippen molar-refractivity contribution in [2.24, 2.45) is 0 Å². The first-order valence-electron chi connectivity index (χ1n) is 15.7. The molecule has 10 nitrogen and oxygen atoms in total. The Labute approximate surface area is 283 Å². The first-order chi connectivity index (χ1) is 23.1. The van der Waals surface area contributed by atoms with Crippen molar-refractivity contribution < 1.29 is 32.2 Å². The molecular weight excluding hydrogens is 630 g/mol. The van der Waals surface area contributed by atoms with E-state index < -0.39 is 28.5 Å². The van der Waals surface area contributed by atoms with E-state index in [0.29, 0.717) is 18.1 Å². The number of carbonyl (C=O) groups excluding carboxylic acids is 2. The molecule has 2 amide bonds. The molecule has 254 valence electrons. The van der Waals surface area contributed by atoms with E-state index in [1.54, 1.807) is 24.3 Å². The van der Waals surface area contributed by atoms with Gasteiger partial charge in [-0.25, -0.2) is 8.42 Å². The summed E-state index contributed by atoms with van der Waals surface area (Å²) < 4.78 is 46.2. The second-order valence-corrected chi connectivity index (χ2v) is 13.2. The summed E-state index contributed by atoms with van der Waals surface area (Å²) in [6.07, 6.45) is 0.226. The number of anilines is 1. The van der Waals surface area contributed by atoms with E-state index >= 15 is 0 Å². The van der Waals surface area contributed by atoms with Gasteiger partial charge in [-0.3, -0.25) is 13.9 Å². The van der Waals surface area contributed by atoms with Crippen molar-refractivity contribution in [1.82, 2.24) is 10.2 Å². The van der Waals surface area contributed by atoms with Gasteiger partial charge < -0.3 is 24.4 Å². The Morgan fingerprint density at radius 1 is 0.792 bits per heavy atom. The molecule has 0 heterocycles. The predicted octanol–water partition coefficient (Wildman–Crippen LogP) is 5.46. The van der Waals surface area contributed by atoms with E-state index in [4.69, 9.17) is 14.2 Å². The lowest BCUT2D eigenvalue weighted by atomic mass is 10.0. The summed E-state index contributed by atoms with van der Waals surface area (Å²) in [6.45, 7) is 5.48. The second-order valence-electron chi connectivity index (χ2n) is 11.3. The van der Waals surface area contributed by atoms with Gasteiger partial charge >= 0.3 is 0 Å². The van der Waals surface area contributed by atoms with Crippen molar-refractivity contribution >= 4 is 27.5 Å². The number of hydrogen-bond acceptors (Lipinski definition) is 7. The summed E-state index contributed by atoms with van der Waals surface area (Å²) in [5.74, 6) is 0.227. The van der Waals surface area contributed by atoms with Crippen LogP contribution in [0.5, 0.6) is 17.2 Å². The molecule has 0 bridgehead atoms. The number of rotatable bonds is 16. The van der Waals surface area contributed by atoms with Gasteiger partial charge in [0.2, 0.25) is 11.8 Å². The fraction of sp³-hybridized carbons (Fsp3) is 0.297. The SMILES string of the molecule is CCOc1ccc(N(CC(=O)N(Cc2ccccc2)[C@@H](Cc2ccccc2)C(=O)NC(C)C)S(=O)(=O)c2ccc(OC)c(OC)c2)cc1. The van der Waals surface area contributed by atoms with E-state index in [2.05, 4.69) is 5.32 Å². The number of hydrogen-bond donors (Lipinski definition) is 1. The number of nitrogens with one attached hydrogen (secondary N) is 1. The summed E-state index contributed by atoms with van der Waals surface area (Å²) >= 11 is 0. The van der Waals surface area contributed by atoms with Crippen LogP contribution in [0.25, 0.3) is 0 Å². The van der Waals surface area contributed by atoms with Crippen molar-refractivity contribution in [2.75, 3.05) is 31.7 Å². The third kappa shape index (κ3) is 9.07. The minimum Gasteiger partial charge on any atom is -0.494 e. The molecule has 0 radical (unpaired) electrons. The summed E-state index contributed by atoms with van der Waals surface area (Å²) in [4.78, 5) is 29.8. The van der Waals surface area contributed by atoms with Crippen molar-refractivity contribution in [3.05, 3.63) is 114 Å². The highest BCUT2D eigenvalue weighted by molar-refractivity contribution is 7.92. The molecule has 0 saturated carbocycles. The van der Waals surface area contributed by atoms with Crippen molar-refractivity contribution in [1.29, 1.82) is 0 Å². The number of methoxy groups -OCH3 is 2. The zero-order valence-corrected chi connectivity index (χ0v) is 28.8. The van der Waals surface area contributed by atoms with Crippen LogP contribution < -0.4 is 23.8 Å². The molecule has 0 fully saturated rings. The lowest BCUT2D eigenvalue weighted by Gasteiger charge is -2.34. The highest BCUT2D eigenvalue weighted by Gasteiger charge is 2.35. The first-order valence-corrected chi connectivity index (χ1v) is 17.2. The van der Waals surface area contributed by atoms with E-state index in [0.717, 1.165) is 15.4 Å². The first kappa shape index (κ1) is 35.8. The number of carbonyl (C=O) groups is 2. The zero-order chi connectivity index (χ0) is 34.7. The van der Waals surface area contributed by atoms with Crippen LogP contribution in [-0.2, 0) is 32.6 Å². The van der Waals surface area contributed by atoms with Gasteiger partial charge in [0, 0.05) is 25.1 Å². The number of nitrogens with zero attached hydrogens (tertiary/aromatic N) is 2. The maximum Gasteiger partial charge on any atom is 0.264 e. The van der Waals surface area contributed by atoms with Crippen LogP contribution in [0.4, 0.5) is 5.69 Å². The van der Waals surface area contributed by atoms with E-state index in [1.807, 2.05) is 81.4 Å². The van der Waals surface area contributed by atoms with Crippen LogP contribution in [0.2, 0.25) is 0 Å². The van der Waals surface area contributed by atoms with E-state index in [-0.39, 0.29) is 41.2 Å². The molecule has 4 aromatic rings. The maximum absolute atomic E-state index is 14.6. The molecule has 48 heavy (non-hydrogen) atoms. The van der Waals surface area contributed by atoms with Crippen molar-refractivity contribution in [2.45, 2.75) is 50.7 Å². The molecule has 0 unspecified atom stereocenters. The Balaban J connectivity index is 1.82. The lowest BCUT2D eigenvalue weighted by molar-refractivity contribution is -0.140. The Kier molecular flexibility index (Phi) is 12.5. The highest BCUT2D eigenvalue weighted by Crippen LogP contribution is 2.33. The summed E-state index contributed by atoms with van der Waals surface area (Å²) in [5, 5.41) is 2.96. The summed E-state index contributed by atoms with van der Waals surface area (Å²) in [5.41, 5.74) is 1.89. The minimum atomic E-state index is -4.35. The highest BCUT2D eigenvalue weighted by atomic mass is 32.2. The largest absolute Gasteiger partial charge is 0.494 e. The van der Waals surface area contributed by atoms with Crippen LogP contribution in [0.1, 0.15) is 31.9 Å². The fourth-order valence-electron chi connectivity index (χ4n) is 5.22. The molecular formula is C37H43N3O7S. The maximum atomic E-state index is 14.6. The third-order valence-corrected chi connectivity index (χ3v) is 9.33. The van der Waals surface area contributed by atoms with Crippen LogP contribution in [0.3, 0.4) is 0 Å². The van der Waals surface area contributed by atoms with Gasteiger partial charge in [0.15, 0.2) is 11.5 Å². The van der Waals surface area contributed by atoms with Crippen LogP contribution in [0, 0.1) is 0 Å². The van der Waals surface area contributed by atoms with Gasteiger partial charge in [-0.05, 0) is 68.3 Å². The van der Waals surface area contributed by atoms with Crippen molar-refractivity contribution in [3.63, 3.8) is 0 Å². The average molecular weight is 674 g/mol. The monoisotopic (exact) mass is 673 g/mol. The van der Waals surface area contributed by atoms with Gasteiger partial charge in [-0.2, -0.15) is 0 Å². The molecule has 1 N–H and O–H groups in total. The Hall–Kier alpha value is -5.03. The standard InChI is InChI=1S/C37H43N3O7S/c1-6-47-31-19-17-30(18-20-31)40(48(43,44)32-21-22-34(45-4)35(24-32)46-5)26-36(41)39(25-29-15-11-8-12-16-29)33(37(42)38-27(2)3)23-28-13-9-7-10-14-28/h7-22,24,27,33H,6,23,25-26H2,1-5H3,(H,38,42)/t33-/m0/s1. The minimum absolute atomic E-state index is 0.0796. The normalized spacial score (nSPS) is 11.8. The Morgan fingerprint density at radius 2 is 1.40 bits per heavy atom. The Morgan fingerprint density at radius 3 is 1.96 bits per heavy atom. The zero-order valence-electron chi connectivity index (χ0n) is 28.0. The molecule has 1 atom stereocenters. The molecule has 0 aliphatic carbocycles. The van der Waals surface area contributed by atoms with E-state index in [9.17, 15) is 18.0 Å². The molecule has 0 aliphatic heterocycles. The third-order valence-electron chi connectivity index (χ3n) is 7.56. The quantitative estimate of drug-likeness (QED) is 0.168. The molecule has 4 rings (SSSR count). The fourth-order valence-corrected chi connectivity index (χ4v) is 6.65. The molecule has 4 aromatic carbocycles. The molecule has 0 saturated heterocycles. The smallest absolute Gasteiger partial charge is 0.264 e. The van der Waals surface area contributed by atoms with Crippen LogP contribution in [0.15, 0.2) is 108 Å². The number of amides is 2. The van der Waals surface area contributed by atoms with E-state index in [1.165, 1.54) is 37.3 Å². The second kappa shape index (κ2) is 16.7. The van der Waals surface area contributed by atoms with Crippen LogP contribution in [-0.4, -0.2) is 64.6 Å². The number of ether oxygens (including phenoxy) is 3. The van der Waals surface area contributed by atoms with Crippen LogP contribution >= 0.6 is 0 Å². The summed E-state index contributed by atoms with van der Waals surface area (Å²) in [6, 6.07) is 28.3. The molecule has 0 aromatic heterocycles. The van der Waals surface area contributed by atoms with Gasteiger partial charge in [-0.15, -0.1) is 0 Å².